The van der Waals surface area contributed by atoms with Crippen LogP contribution >= 0.6 is 0 Å². The molecule has 0 spiro atoms. The van der Waals surface area contributed by atoms with E-state index >= 15 is 0 Å². The molecule has 2 aliphatic carbocycles. The average Bonchev–Trinajstić information content (AvgIpc) is 2.99. The molecule has 0 atom stereocenters. The van der Waals surface area contributed by atoms with Gasteiger partial charge in [-0.25, -0.2) is 4.39 Å². The predicted molar refractivity (Wildman–Crippen MR) is 164 cm³/mol. The zero-order chi connectivity index (χ0) is 28.2. The normalized spacial score (nSPS) is 23.5. The highest BCUT2D eigenvalue weighted by atomic mass is 19.2. The van der Waals surface area contributed by atoms with E-state index in [1.54, 1.807) is 12.1 Å². The summed E-state index contributed by atoms with van der Waals surface area (Å²) in [6.45, 7) is 4.75. The van der Waals surface area contributed by atoms with E-state index in [1.807, 2.05) is 0 Å². The van der Waals surface area contributed by atoms with Crippen LogP contribution in [0.5, 0.6) is 5.75 Å². The summed E-state index contributed by atoms with van der Waals surface area (Å²) in [6, 6.07) is 12.9. The first-order valence-corrected chi connectivity index (χ1v) is 16.4. The van der Waals surface area contributed by atoms with Crippen LogP contribution in [0.25, 0.3) is 0 Å². The van der Waals surface area contributed by atoms with Crippen LogP contribution in [0.2, 0.25) is 0 Å². The van der Waals surface area contributed by atoms with Crippen LogP contribution in [0.15, 0.2) is 48.6 Å². The molecule has 0 amide bonds. The van der Waals surface area contributed by atoms with Crippen molar-refractivity contribution < 1.29 is 13.5 Å². The third-order valence-electron chi connectivity index (χ3n) is 9.56. The maximum atomic E-state index is 14.8. The van der Waals surface area contributed by atoms with Crippen molar-refractivity contribution in [1.82, 2.24) is 0 Å². The van der Waals surface area contributed by atoms with Crippen molar-refractivity contribution in [3.05, 3.63) is 76.9 Å². The van der Waals surface area contributed by atoms with Crippen LogP contribution in [0.1, 0.15) is 139 Å². The molecule has 0 bridgehead atoms. The summed E-state index contributed by atoms with van der Waals surface area (Å²) in [5, 5.41) is 0. The monoisotopic (exact) mass is 550 g/mol. The molecule has 0 radical (unpaired) electrons. The van der Waals surface area contributed by atoms with Gasteiger partial charge < -0.3 is 4.74 Å². The molecule has 220 valence electrons. The van der Waals surface area contributed by atoms with Crippen LogP contribution in [0.4, 0.5) is 8.78 Å². The third kappa shape index (κ3) is 8.92. The van der Waals surface area contributed by atoms with Gasteiger partial charge in [0.25, 0.3) is 0 Å². The van der Waals surface area contributed by atoms with E-state index in [-0.39, 0.29) is 11.7 Å². The van der Waals surface area contributed by atoms with E-state index in [0.717, 1.165) is 56.8 Å². The molecule has 2 aromatic rings. The number of aryl methyl sites for hydroxylation is 1. The van der Waals surface area contributed by atoms with Crippen molar-refractivity contribution in [2.75, 3.05) is 6.61 Å². The summed E-state index contributed by atoms with van der Waals surface area (Å²) >= 11 is 0. The van der Waals surface area contributed by atoms with Crippen molar-refractivity contribution >= 4 is 0 Å². The van der Waals surface area contributed by atoms with Crippen molar-refractivity contribution in [3.63, 3.8) is 0 Å². The van der Waals surface area contributed by atoms with E-state index in [1.165, 1.54) is 68.9 Å². The number of hydrogen-bond acceptors (Lipinski definition) is 1. The molecule has 2 aromatic carbocycles. The molecular weight excluding hydrogens is 498 g/mol. The van der Waals surface area contributed by atoms with Crippen LogP contribution in [0, 0.1) is 23.5 Å². The van der Waals surface area contributed by atoms with Gasteiger partial charge in [0.2, 0.25) is 5.82 Å². The van der Waals surface area contributed by atoms with Crippen LogP contribution in [0.3, 0.4) is 0 Å². The molecule has 2 aliphatic rings. The van der Waals surface area contributed by atoms with E-state index in [4.69, 9.17) is 4.74 Å². The van der Waals surface area contributed by atoms with Crippen LogP contribution in [-0.2, 0) is 6.42 Å². The van der Waals surface area contributed by atoms with Gasteiger partial charge in [0.1, 0.15) is 0 Å². The zero-order valence-electron chi connectivity index (χ0n) is 25.1. The summed E-state index contributed by atoms with van der Waals surface area (Å²) in [6.07, 6.45) is 23.5. The molecule has 0 unspecified atom stereocenters. The molecule has 0 aliphatic heterocycles. The Balaban J connectivity index is 1.13. The van der Waals surface area contributed by atoms with Gasteiger partial charge in [-0.3, -0.25) is 0 Å². The predicted octanol–water partition coefficient (Wildman–Crippen LogP) is 11.5. The molecule has 4 rings (SSSR count). The maximum absolute atomic E-state index is 14.8. The van der Waals surface area contributed by atoms with Crippen molar-refractivity contribution in [3.8, 4) is 5.75 Å². The highest BCUT2D eigenvalue weighted by Gasteiger charge is 2.26. The minimum absolute atomic E-state index is 0.0514. The summed E-state index contributed by atoms with van der Waals surface area (Å²) in [4.78, 5) is 0. The number of hydrogen-bond donors (Lipinski definition) is 0. The number of ether oxygens (including phenoxy) is 1. The fourth-order valence-corrected chi connectivity index (χ4v) is 6.86. The van der Waals surface area contributed by atoms with E-state index in [2.05, 4.69) is 50.3 Å². The van der Waals surface area contributed by atoms with E-state index in [9.17, 15) is 8.78 Å². The fourth-order valence-electron chi connectivity index (χ4n) is 6.86. The Labute approximate surface area is 242 Å². The second-order valence-corrected chi connectivity index (χ2v) is 12.5. The lowest BCUT2D eigenvalue weighted by atomic mass is 9.76. The van der Waals surface area contributed by atoms with Crippen molar-refractivity contribution in [2.45, 2.75) is 128 Å². The van der Waals surface area contributed by atoms with Crippen LogP contribution < -0.4 is 4.74 Å². The molecule has 0 heterocycles. The number of allylic oxidation sites excluding steroid dienone is 2. The number of benzene rings is 2. The SMILES string of the molecule is CCCCCc1ccc(C2CCC(/C=C/CCC3CCC(c4ccc(OCCCC)c(F)c4F)CC3)CC2)cc1. The topological polar surface area (TPSA) is 9.23 Å². The fraction of sp³-hybridized carbons (Fsp3) is 0.622. The molecular formula is C37H52F2O. The first-order chi connectivity index (χ1) is 19.6. The van der Waals surface area contributed by atoms with Gasteiger partial charge in [0, 0.05) is 0 Å². The van der Waals surface area contributed by atoms with Gasteiger partial charge in [-0.05, 0) is 130 Å². The summed E-state index contributed by atoms with van der Waals surface area (Å²) in [5.41, 5.74) is 3.57. The minimum atomic E-state index is -0.814. The summed E-state index contributed by atoms with van der Waals surface area (Å²) < 4.78 is 34.8. The summed E-state index contributed by atoms with van der Waals surface area (Å²) in [7, 11) is 0. The molecule has 0 aromatic heterocycles. The van der Waals surface area contributed by atoms with Gasteiger partial charge in [-0.2, -0.15) is 4.39 Å². The molecule has 0 saturated heterocycles. The lowest BCUT2D eigenvalue weighted by Gasteiger charge is -2.29. The van der Waals surface area contributed by atoms with E-state index in [0.29, 0.717) is 18.1 Å². The first kappa shape index (κ1) is 30.8. The number of halogens is 2. The van der Waals surface area contributed by atoms with Gasteiger partial charge in [0.05, 0.1) is 6.61 Å². The summed E-state index contributed by atoms with van der Waals surface area (Å²) in [5.74, 6) is 0.819. The number of unbranched alkanes of at least 4 members (excludes halogenated alkanes) is 3. The maximum Gasteiger partial charge on any atom is 0.200 e. The molecule has 0 N–H and O–H groups in total. The largest absolute Gasteiger partial charge is 0.490 e. The molecule has 3 heteroatoms. The molecule has 2 fully saturated rings. The quantitative estimate of drug-likeness (QED) is 0.168. The molecule has 2 saturated carbocycles. The Morgan fingerprint density at radius 3 is 2.15 bits per heavy atom. The number of rotatable bonds is 14. The Kier molecular flexibility index (Phi) is 12.6. The van der Waals surface area contributed by atoms with Gasteiger partial charge in [-0.1, -0.05) is 75.6 Å². The second-order valence-electron chi connectivity index (χ2n) is 12.5. The standard InChI is InChI=1S/C37H52F2O/c1-3-5-7-10-28-13-19-31(20-14-28)32-21-15-29(16-22-32)11-8-9-12-30-17-23-33(24-18-30)34-25-26-35(37(39)36(34)38)40-27-6-4-2/h8,11,13-14,19-20,25-26,29-30,32-33H,3-7,9-10,12,15-18,21-24,27H2,1-2H3/b11-8+. The second kappa shape index (κ2) is 16.3. The minimum Gasteiger partial charge on any atom is -0.490 e. The Morgan fingerprint density at radius 2 is 1.45 bits per heavy atom. The van der Waals surface area contributed by atoms with Crippen molar-refractivity contribution in [1.29, 1.82) is 0 Å². The van der Waals surface area contributed by atoms with Gasteiger partial charge in [-0.15, -0.1) is 0 Å². The van der Waals surface area contributed by atoms with E-state index < -0.39 is 11.6 Å². The zero-order valence-corrected chi connectivity index (χ0v) is 25.1. The highest BCUT2D eigenvalue weighted by molar-refractivity contribution is 5.33. The average molecular weight is 551 g/mol. The van der Waals surface area contributed by atoms with Gasteiger partial charge >= 0.3 is 0 Å². The highest BCUT2D eigenvalue weighted by Crippen LogP contribution is 2.40. The van der Waals surface area contributed by atoms with Crippen molar-refractivity contribution in [2.24, 2.45) is 11.8 Å². The Morgan fingerprint density at radius 1 is 0.750 bits per heavy atom. The third-order valence-corrected chi connectivity index (χ3v) is 9.56. The van der Waals surface area contributed by atoms with Gasteiger partial charge in [0.15, 0.2) is 11.6 Å². The first-order valence-electron chi connectivity index (χ1n) is 16.4. The molecule has 1 nitrogen and oxygen atoms in total. The Bertz CT molecular complexity index is 1030. The Hall–Kier alpha value is -2.16. The molecule has 40 heavy (non-hydrogen) atoms. The lowest BCUT2D eigenvalue weighted by Crippen LogP contribution is -2.15. The smallest absolute Gasteiger partial charge is 0.200 e. The van der Waals surface area contributed by atoms with Crippen LogP contribution in [-0.4, -0.2) is 6.61 Å². The lowest BCUT2D eigenvalue weighted by molar-refractivity contribution is 0.283.